The van der Waals surface area contributed by atoms with Crippen LogP contribution in [-0.4, -0.2) is 35.4 Å². The summed E-state index contributed by atoms with van der Waals surface area (Å²) in [6.07, 6.45) is 2.45. The van der Waals surface area contributed by atoms with Crippen LogP contribution in [0.4, 0.5) is 4.39 Å². The van der Waals surface area contributed by atoms with Crippen molar-refractivity contribution in [2.24, 2.45) is 5.92 Å². The van der Waals surface area contributed by atoms with Gasteiger partial charge >= 0.3 is 0 Å². The Kier molecular flexibility index (Phi) is 4.20. The summed E-state index contributed by atoms with van der Waals surface area (Å²) in [5.41, 5.74) is 1.77. The van der Waals surface area contributed by atoms with E-state index in [1.54, 1.807) is 12.1 Å². The summed E-state index contributed by atoms with van der Waals surface area (Å²) >= 11 is 0. The number of ether oxygens (including phenoxy) is 1. The Bertz CT molecular complexity index is 648. The maximum Gasteiger partial charge on any atom is 0.255 e. The number of nitrogens with one attached hydrogen (secondary N) is 2. The van der Waals surface area contributed by atoms with E-state index in [1.165, 1.54) is 18.3 Å². The van der Waals surface area contributed by atoms with Gasteiger partial charge in [0, 0.05) is 24.1 Å². The normalized spacial score (nSPS) is 19.1. The third kappa shape index (κ3) is 3.01. The Morgan fingerprint density at radius 1 is 1.45 bits per heavy atom. The van der Waals surface area contributed by atoms with E-state index in [2.05, 4.69) is 15.5 Å². The highest BCUT2D eigenvalue weighted by molar-refractivity contribution is 5.99. The smallest absolute Gasteiger partial charge is 0.255 e. The first-order chi connectivity index (χ1) is 10.6. The summed E-state index contributed by atoms with van der Waals surface area (Å²) in [5, 5.41) is 9.74. The van der Waals surface area contributed by atoms with Gasteiger partial charge in [0.1, 0.15) is 5.82 Å². The number of hydrogen-bond acceptors (Lipinski definition) is 3. The van der Waals surface area contributed by atoms with Gasteiger partial charge in [0.15, 0.2) is 0 Å². The maximum absolute atomic E-state index is 13.0. The first-order valence-corrected chi connectivity index (χ1v) is 7.33. The molecular formula is C16H18FN3O2. The lowest BCUT2D eigenvalue weighted by atomic mass is 10.00. The minimum atomic E-state index is -0.316. The van der Waals surface area contributed by atoms with Crippen LogP contribution in [0.15, 0.2) is 30.5 Å². The molecule has 1 aliphatic heterocycles. The monoisotopic (exact) mass is 303 g/mol. The first-order valence-electron chi connectivity index (χ1n) is 7.33. The molecule has 1 amide bonds. The van der Waals surface area contributed by atoms with Gasteiger partial charge in [-0.25, -0.2) is 4.39 Å². The van der Waals surface area contributed by atoms with Gasteiger partial charge in [-0.15, -0.1) is 0 Å². The Morgan fingerprint density at radius 2 is 2.23 bits per heavy atom. The van der Waals surface area contributed by atoms with Crippen molar-refractivity contribution in [1.29, 1.82) is 0 Å². The molecular weight excluding hydrogens is 285 g/mol. The van der Waals surface area contributed by atoms with E-state index in [0.717, 1.165) is 18.6 Å². The third-order valence-corrected chi connectivity index (χ3v) is 4.05. The number of hydrogen-bond donors (Lipinski definition) is 2. The number of nitrogens with zero attached hydrogens (tertiary/aromatic N) is 1. The fourth-order valence-corrected chi connectivity index (χ4v) is 2.64. The van der Waals surface area contributed by atoms with Gasteiger partial charge in [-0.1, -0.05) is 0 Å². The molecule has 0 saturated carbocycles. The molecule has 2 heterocycles. The van der Waals surface area contributed by atoms with Crippen molar-refractivity contribution < 1.29 is 13.9 Å². The average molecular weight is 303 g/mol. The molecule has 1 fully saturated rings. The topological polar surface area (TPSA) is 67.0 Å². The largest absolute Gasteiger partial charge is 0.381 e. The van der Waals surface area contributed by atoms with Gasteiger partial charge in [0.25, 0.3) is 5.91 Å². The van der Waals surface area contributed by atoms with E-state index >= 15 is 0 Å². The Hall–Kier alpha value is -2.21. The van der Waals surface area contributed by atoms with Crippen molar-refractivity contribution in [3.8, 4) is 11.3 Å². The second-order valence-corrected chi connectivity index (χ2v) is 5.55. The SMILES string of the molecule is C[C@H](NC(=O)c1cn[nH]c1-c1ccc(F)cc1)[C@@H]1CCOC1. The summed E-state index contributed by atoms with van der Waals surface area (Å²) in [4.78, 5) is 12.4. The van der Waals surface area contributed by atoms with Gasteiger partial charge in [0.2, 0.25) is 0 Å². The summed E-state index contributed by atoms with van der Waals surface area (Å²) in [5.74, 6) is -0.165. The molecule has 0 radical (unpaired) electrons. The van der Waals surface area contributed by atoms with E-state index in [1.807, 2.05) is 6.92 Å². The first kappa shape index (κ1) is 14.7. The van der Waals surface area contributed by atoms with Crippen molar-refractivity contribution in [3.05, 3.63) is 41.8 Å². The van der Waals surface area contributed by atoms with Crippen molar-refractivity contribution in [1.82, 2.24) is 15.5 Å². The van der Waals surface area contributed by atoms with Crippen LogP contribution in [-0.2, 0) is 4.74 Å². The van der Waals surface area contributed by atoms with Gasteiger partial charge in [0.05, 0.1) is 24.1 Å². The molecule has 22 heavy (non-hydrogen) atoms. The molecule has 5 nitrogen and oxygen atoms in total. The molecule has 1 aromatic carbocycles. The lowest BCUT2D eigenvalue weighted by Crippen LogP contribution is -2.38. The van der Waals surface area contributed by atoms with E-state index in [-0.39, 0.29) is 17.8 Å². The molecule has 1 saturated heterocycles. The Morgan fingerprint density at radius 3 is 2.91 bits per heavy atom. The zero-order chi connectivity index (χ0) is 15.5. The number of H-pyrrole nitrogens is 1. The predicted molar refractivity (Wildman–Crippen MR) is 79.8 cm³/mol. The van der Waals surface area contributed by atoms with Crippen LogP contribution < -0.4 is 5.32 Å². The average Bonchev–Trinajstić information content (AvgIpc) is 3.19. The highest BCUT2D eigenvalue weighted by Gasteiger charge is 2.25. The molecule has 0 aliphatic carbocycles. The number of aromatic nitrogens is 2. The summed E-state index contributed by atoms with van der Waals surface area (Å²) in [6.45, 7) is 3.41. The number of halogens is 1. The summed E-state index contributed by atoms with van der Waals surface area (Å²) in [7, 11) is 0. The molecule has 3 rings (SSSR count). The molecule has 2 atom stereocenters. The fraction of sp³-hybridized carbons (Fsp3) is 0.375. The van der Waals surface area contributed by atoms with E-state index in [0.29, 0.717) is 23.8 Å². The van der Waals surface area contributed by atoms with Crippen molar-refractivity contribution in [2.75, 3.05) is 13.2 Å². The molecule has 2 aromatic rings. The standard InChI is InChI=1S/C16H18FN3O2/c1-10(12-6-7-22-9-12)19-16(21)14-8-18-20-15(14)11-2-4-13(17)5-3-11/h2-5,8,10,12H,6-7,9H2,1H3,(H,18,20)(H,19,21)/t10-,12+/m0/s1. The van der Waals surface area contributed by atoms with Crippen molar-refractivity contribution >= 4 is 5.91 Å². The quantitative estimate of drug-likeness (QED) is 0.911. The highest BCUT2D eigenvalue weighted by Crippen LogP contribution is 2.22. The third-order valence-electron chi connectivity index (χ3n) is 4.05. The predicted octanol–water partition coefficient (Wildman–Crippen LogP) is 2.37. The molecule has 116 valence electrons. The zero-order valence-corrected chi connectivity index (χ0v) is 12.3. The number of carbonyl (C=O) groups is 1. The molecule has 6 heteroatoms. The second kappa shape index (κ2) is 6.27. The van der Waals surface area contributed by atoms with Gasteiger partial charge < -0.3 is 10.1 Å². The molecule has 2 N–H and O–H groups in total. The number of benzene rings is 1. The van der Waals surface area contributed by atoms with Crippen LogP contribution >= 0.6 is 0 Å². The minimum absolute atomic E-state index is 0.0333. The number of amides is 1. The summed E-state index contributed by atoms with van der Waals surface area (Å²) in [6, 6.07) is 5.99. The van der Waals surface area contributed by atoms with Gasteiger partial charge in [-0.2, -0.15) is 5.10 Å². The van der Waals surface area contributed by atoms with Gasteiger partial charge in [-0.3, -0.25) is 9.89 Å². The van der Waals surface area contributed by atoms with Crippen LogP contribution in [0.2, 0.25) is 0 Å². The lowest BCUT2D eigenvalue weighted by molar-refractivity contribution is 0.0923. The van der Waals surface area contributed by atoms with Crippen LogP contribution in [0.3, 0.4) is 0 Å². The number of rotatable bonds is 4. The molecule has 0 spiro atoms. The van der Waals surface area contributed by atoms with E-state index in [9.17, 15) is 9.18 Å². The number of carbonyl (C=O) groups excluding carboxylic acids is 1. The lowest BCUT2D eigenvalue weighted by Gasteiger charge is -2.19. The fourth-order valence-electron chi connectivity index (χ4n) is 2.64. The molecule has 0 bridgehead atoms. The van der Waals surface area contributed by atoms with Crippen molar-refractivity contribution in [3.63, 3.8) is 0 Å². The Balaban J connectivity index is 1.76. The van der Waals surface area contributed by atoms with E-state index < -0.39 is 0 Å². The van der Waals surface area contributed by atoms with Gasteiger partial charge in [-0.05, 0) is 37.6 Å². The Labute approximate surface area is 127 Å². The zero-order valence-electron chi connectivity index (χ0n) is 12.3. The van der Waals surface area contributed by atoms with Crippen LogP contribution in [0.25, 0.3) is 11.3 Å². The minimum Gasteiger partial charge on any atom is -0.381 e. The van der Waals surface area contributed by atoms with Crippen LogP contribution in [0, 0.1) is 11.7 Å². The van der Waals surface area contributed by atoms with Crippen LogP contribution in [0.5, 0.6) is 0 Å². The number of aromatic amines is 1. The summed E-state index contributed by atoms with van der Waals surface area (Å²) < 4.78 is 18.4. The molecule has 0 unspecified atom stereocenters. The molecule has 1 aliphatic rings. The van der Waals surface area contributed by atoms with Crippen molar-refractivity contribution in [2.45, 2.75) is 19.4 Å². The second-order valence-electron chi connectivity index (χ2n) is 5.55. The highest BCUT2D eigenvalue weighted by atomic mass is 19.1. The maximum atomic E-state index is 13.0. The van der Waals surface area contributed by atoms with Crippen LogP contribution in [0.1, 0.15) is 23.7 Å². The molecule has 1 aromatic heterocycles. The van der Waals surface area contributed by atoms with E-state index in [4.69, 9.17) is 4.74 Å².